The van der Waals surface area contributed by atoms with Gasteiger partial charge in [0.2, 0.25) is 0 Å². The third-order valence-corrected chi connectivity index (χ3v) is 1.95. The molecule has 78 valence electrons. The first-order valence-electron chi connectivity index (χ1n) is 4.76. The lowest BCUT2D eigenvalue weighted by molar-refractivity contribution is 0.0528. The summed E-state index contributed by atoms with van der Waals surface area (Å²) in [5.41, 5.74) is 0.901. The van der Waals surface area contributed by atoms with Crippen molar-refractivity contribution in [2.24, 2.45) is 0 Å². The fourth-order valence-electron chi connectivity index (χ4n) is 1.06. The van der Waals surface area contributed by atoms with E-state index < -0.39 is 12.2 Å². The molecule has 0 aliphatic rings. The van der Waals surface area contributed by atoms with Gasteiger partial charge in [0.05, 0.1) is 12.2 Å². The molecular formula is C13H14O2. The summed E-state index contributed by atoms with van der Waals surface area (Å²) >= 11 is 0. The van der Waals surface area contributed by atoms with Crippen molar-refractivity contribution in [3.05, 3.63) is 48.6 Å². The average Bonchev–Trinajstić information content (AvgIpc) is 2.29. The molecular weight excluding hydrogens is 188 g/mol. The van der Waals surface area contributed by atoms with Gasteiger partial charge in [-0.2, -0.15) is 0 Å². The van der Waals surface area contributed by atoms with Crippen LogP contribution >= 0.6 is 0 Å². The highest BCUT2D eigenvalue weighted by molar-refractivity contribution is 5.33. The van der Waals surface area contributed by atoms with E-state index in [-0.39, 0.29) is 6.42 Å². The van der Waals surface area contributed by atoms with Crippen molar-refractivity contribution in [3.63, 3.8) is 0 Å². The summed E-state index contributed by atoms with van der Waals surface area (Å²) in [6, 6.07) is 9.51. The number of hydrogen-bond donors (Lipinski definition) is 2. The second kappa shape index (κ2) is 6.02. The topological polar surface area (TPSA) is 40.5 Å². The Balaban J connectivity index is 2.50. The SMILES string of the molecule is C=C[C@H](O)[C@@H](O)CC#Cc1ccccc1. The van der Waals surface area contributed by atoms with Crippen molar-refractivity contribution in [2.75, 3.05) is 0 Å². The van der Waals surface area contributed by atoms with Crippen molar-refractivity contribution >= 4 is 0 Å². The molecule has 2 heteroatoms. The van der Waals surface area contributed by atoms with Crippen LogP contribution in [0.25, 0.3) is 0 Å². The molecule has 15 heavy (non-hydrogen) atoms. The van der Waals surface area contributed by atoms with E-state index in [1.807, 2.05) is 30.3 Å². The van der Waals surface area contributed by atoms with E-state index in [0.29, 0.717) is 0 Å². The van der Waals surface area contributed by atoms with E-state index in [1.54, 1.807) is 0 Å². The molecule has 1 aromatic carbocycles. The van der Waals surface area contributed by atoms with E-state index in [1.165, 1.54) is 6.08 Å². The highest BCUT2D eigenvalue weighted by atomic mass is 16.3. The van der Waals surface area contributed by atoms with Crippen LogP contribution < -0.4 is 0 Å². The highest BCUT2D eigenvalue weighted by Crippen LogP contribution is 2.00. The number of aliphatic hydroxyl groups excluding tert-OH is 2. The number of aliphatic hydroxyl groups is 2. The molecule has 0 saturated carbocycles. The maximum atomic E-state index is 9.37. The molecule has 1 rings (SSSR count). The van der Waals surface area contributed by atoms with Gasteiger partial charge in [-0.15, -0.1) is 6.58 Å². The number of rotatable bonds is 3. The lowest BCUT2D eigenvalue weighted by Gasteiger charge is -2.09. The second-order valence-electron chi connectivity index (χ2n) is 3.17. The van der Waals surface area contributed by atoms with Crippen LogP contribution in [0.4, 0.5) is 0 Å². The predicted octanol–water partition coefficient (Wildman–Crippen LogP) is 1.34. The van der Waals surface area contributed by atoms with E-state index in [2.05, 4.69) is 18.4 Å². The molecule has 0 aliphatic heterocycles. The van der Waals surface area contributed by atoms with Crippen LogP contribution in [0.3, 0.4) is 0 Å². The Hall–Kier alpha value is -1.56. The van der Waals surface area contributed by atoms with Crippen LogP contribution in [0.5, 0.6) is 0 Å². The van der Waals surface area contributed by atoms with E-state index in [9.17, 15) is 10.2 Å². The van der Waals surface area contributed by atoms with Gasteiger partial charge >= 0.3 is 0 Å². The molecule has 0 aliphatic carbocycles. The Kier molecular flexibility index (Phi) is 4.62. The monoisotopic (exact) mass is 202 g/mol. The van der Waals surface area contributed by atoms with Gasteiger partial charge in [-0.1, -0.05) is 36.1 Å². The largest absolute Gasteiger partial charge is 0.389 e. The molecule has 0 amide bonds. The first-order chi connectivity index (χ1) is 7.24. The summed E-state index contributed by atoms with van der Waals surface area (Å²) in [6.07, 6.45) is -0.231. The summed E-state index contributed by atoms with van der Waals surface area (Å²) < 4.78 is 0. The molecule has 2 N–H and O–H groups in total. The summed E-state index contributed by atoms with van der Waals surface area (Å²) in [4.78, 5) is 0. The fraction of sp³-hybridized carbons (Fsp3) is 0.231. The van der Waals surface area contributed by atoms with Crippen molar-refractivity contribution < 1.29 is 10.2 Å². The summed E-state index contributed by atoms with van der Waals surface area (Å²) in [5.74, 6) is 5.71. The molecule has 0 radical (unpaired) electrons. The van der Waals surface area contributed by atoms with E-state index in [4.69, 9.17) is 0 Å². The Labute approximate surface area is 89.9 Å². The Bertz CT molecular complexity index is 359. The molecule has 0 aromatic heterocycles. The summed E-state index contributed by atoms with van der Waals surface area (Å²) in [7, 11) is 0. The summed E-state index contributed by atoms with van der Waals surface area (Å²) in [6.45, 7) is 3.39. The minimum Gasteiger partial charge on any atom is -0.389 e. The lowest BCUT2D eigenvalue weighted by atomic mass is 10.1. The minimum atomic E-state index is -0.907. The maximum Gasteiger partial charge on any atom is 0.0986 e. The maximum absolute atomic E-state index is 9.37. The molecule has 0 bridgehead atoms. The zero-order valence-corrected chi connectivity index (χ0v) is 8.43. The second-order valence-corrected chi connectivity index (χ2v) is 3.17. The molecule has 0 heterocycles. The molecule has 1 aromatic rings. The smallest absolute Gasteiger partial charge is 0.0986 e. The van der Waals surface area contributed by atoms with Crippen LogP contribution in [0.2, 0.25) is 0 Å². The number of hydrogen-bond acceptors (Lipinski definition) is 2. The Morgan fingerprint density at radius 3 is 2.53 bits per heavy atom. The van der Waals surface area contributed by atoms with Crippen molar-refractivity contribution in [1.82, 2.24) is 0 Å². The third-order valence-electron chi connectivity index (χ3n) is 1.95. The lowest BCUT2D eigenvalue weighted by Crippen LogP contribution is -2.22. The Morgan fingerprint density at radius 2 is 1.93 bits per heavy atom. The fourth-order valence-corrected chi connectivity index (χ4v) is 1.06. The van der Waals surface area contributed by atoms with E-state index in [0.717, 1.165) is 5.56 Å². The Morgan fingerprint density at radius 1 is 1.27 bits per heavy atom. The van der Waals surface area contributed by atoms with Crippen LogP contribution in [0.1, 0.15) is 12.0 Å². The minimum absolute atomic E-state index is 0.238. The van der Waals surface area contributed by atoms with Gasteiger partial charge in [0.1, 0.15) is 0 Å². The van der Waals surface area contributed by atoms with Crippen LogP contribution in [-0.4, -0.2) is 22.4 Å². The molecule has 0 fully saturated rings. The molecule has 0 unspecified atom stereocenters. The van der Waals surface area contributed by atoms with Gasteiger partial charge in [-0.25, -0.2) is 0 Å². The van der Waals surface area contributed by atoms with E-state index >= 15 is 0 Å². The highest BCUT2D eigenvalue weighted by Gasteiger charge is 2.09. The zero-order valence-electron chi connectivity index (χ0n) is 8.43. The van der Waals surface area contributed by atoms with Gasteiger partial charge in [0.15, 0.2) is 0 Å². The van der Waals surface area contributed by atoms with Crippen LogP contribution in [0, 0.1) is 11.8 Å². The van der Waals surface area contributed by atoms with Gasteiger partial charge in [0, 0.05) is 12.0 Å². The molecule has 2 nitrogen and oxygen atoms in total. The third kappa shape index (κ3) is 3.99. The number of benzene rings is 1. The molecule has 0 spiro atoms. The van der Waals surface area contributed by atoms with Crippen molar-refractivity contribution in [3.8, 4) is 11.8 Å². The van der Waals surface area contributed by atoms with Gasteiger partial charge in [0.25, 0.3) is 0 Å². The van der Waals surface area contributed by atoms with Gasteiger partial charge in [-0.3, -0.25) is 0 Å². The zero-order chi connectivity index (χ0) is 11.1. The van der Waals surface area contributed by atoms with Crippen LogP contribution in [-0.2, 0) is 0 Å². The first kappa shape index (κ1) is 11.5. The van der Waals surface area contributed by atoms with Gasteiger partial charge in [-0.05, 0) is 12.1 Å². The van der Waals surface area contributed by atoms with Gasteiger partial charge < -0.3 is 10.2 Å². The molecule has 2 atom stereocenters. The van der Waals surface area contributed by atoms with Crippen molar-refractivity contribution in [1.29, 1.82) is 0 Å². The molecule has 0 saturated heterocycles. The standard InChI is InChI=1S/C13H14O2/c1-2-12(14)13(15)10-6-9-11-7-4-3-5-8-11/h2-5,7-8,12-15H,1,10H2/t12-,13-/m0/s1. The first-order valence-corrected chi connectivity index (χ1v) is 4.76. The quantitative estimate of drug-likeness (QED) is 0.573. The average molecular weight is 202 g/mol. The predicted molar refractivity (Wildman–Crippen MR) is 60.1 cm³/mol. The van der Waals surface area contributed by atoms with Crippen molar-refractivity contribution in [2.45, 2.75) is 18.6 Å². The van der Waals surface area contributed by atoms with Crippen LogP contribution in [0.15, 0.2) is 43.0 Å². The normalized spacial score (nSPS) is 13.5. The summed E-state index contributed by atoms with van der Waals surface area (Å²) in [5, 5.41) is 18.6.